The Morgan fingerprint density at radius 1 is 0.884 bits per heavy atom. The molecule has 0 saturated carbocycles. The topological polar surface area (TPSA) is 94.7 Å². The summed E-state index contributed by atoms with van der Waals surface area (Å²) in [6.07, 6.45) is 2.88. The van der Waals surface area contributed by atoms with Crippen LogP contribution in [0.4, 0.5) is 11.4 Å². The fourth-order valence-electron chi connectivity index (χ4n) is 6.00. The molecule has 1 saturated heterocycles. The van der Waals surface area contributed by atoms with E-state index in [4.69, 9.17) is 4.74 Å². The van der Waals surface area contributed by atoms with Gasteiger partial charge in [0.25, 0.3) is 5.69 Å². The van der Waals surface area contributed by atoms with E-state index in [1.165, 1.54) is 23.3 Å². The average Bonchev–Trinajstić information content (AvgIpc) is 3.31. The Kier molecular flexibility index (Phi) is 8.76. The molecule has 0 atom stereocenters. The van der Waals surface area contributed by atoms with Crippen LogP contribution in [-0.2, 0) is 11.2 Å². The number of hydrogen-bond acceptors (Lipinski definition) is 6. The first-order valence-corrected chi connectivity index (χ1v) is 14.7. The van der Waals surface area contributed by atoms with Crippen LogP contribution in [0.25, 0.3) is 5.69 Å². The van der Waals surface area contributed by atoms with Gasteiger partial charge in [0, 0.05) is 47.9 Å². The summed E-state index contributed by atoms with van der Waals surface area (Å²) in [5, 5.41) is 11.5. The second-order valence-corrected chi connectivity index (χ2v) is 11.5. The van der Waals surface area contributed by atoms with Crippen LogP contribution < -0.4 is 4.90 Å². The van der Waals surface area contributed by atoms with E-state index in [0.29, 0.717) is 17.2 Å². The highest BCUT2D eigenvalue weighted by Gasteiger charge is 2.27. The van der Waals surface area contributed by atoms with Crippen LogP contribution in [0.1, 0.15) is 61.6 Å². The number of piperidine rings is 1. The lowest BCUT2D eigenvalue weighted by Gasteiger charge is -2.34. The van der Waals surface area contributed by atoms with E-state index in [2.05, 4.69) is 36.1 Å². The number of Topliss-reactive ketones (excluding diaryl/α,β-unsaturated/α-hetero) is 1. The SMILES string of the molecule is Cc1ccc(-n2c(C)cc(C(=O)COC(=O)c3cc([N+](=O)[O-])ccc3N3CCC(Cc4ccccc4)CC3)c2C)cc1C. The Labute approximate surface area is 252 Å². The normalized spacial score (nSPS) is 13.6. The maximum absolute atomic E-state index is 13.3. The van der Waals surface area contributed by atoms with E-state index in [1.807, 2.05) is 49.6 Å². The maximum atomic E-state index is 13.3. The number of rotatable bonds is 9. The lowest BCUT2D eigenvalue weighted by Crippen LogP contribution is -2.35. The van der Waals surface area contributed by atoms with Gasteiger partial charge in [0.1, 0.15) is 0 Å². The third-order valence-electron chi connectivity index (χ3n) is 8.55. The Morgan fingerprint density at radius 2 is 1.60 bits per heavy atom. The van der Waals surface area contributed by atoms with Gasteiger partial charge >= 0.3 is 5.97 Å². The fraction of sp³-hybridized carbons (Fsp3) is 0.314. The number of carbonyl (C=O) groups is 2. The van der Waals surface area contributed by atoms with Gasteiger partial charge in [-0.2, -0.15) is 0 Å². The number of aryl methyl sites for hydroxylation is 3. The molecule has 0 bridgehead atoms. The predicted octanol–water partition coefficient (Wildman–Crippen LogP) is 7.12. The molecule has 2 heterocycles. The summed E-state index contributed by atoms with van der Waals surface area (Å²) >= 11 is 0. The van der Waals surface area contributed by atoms with Crippen molar-refractivity contribution >= 4 is 23.1 Å². The fourth-order valence-corrected chi connectivity index (χ4v) is 6.00. The summed E-state index contributed by atoms with van der Waals surface area (Å²) in [6.45, 7) is 8.89. The maximum Gasteiger partial charge on any atom is 0.340 e. The van der Waals surface area contributed by atoms with Crippen molar-refractivity contribution in [2.24, 2.45) is 5.92 Å². The minimum Gasteiger partial charge on any atom is -0.454 e. The Morgan fingerprint density at radius 3 is 2.28 bits per heavy atom. The van der Waals surface area contributed by atoms with Gasteiger partial charge in [-0.1, -0.05) is 36.4 Å². The Hall–Kier alpha value is -4.72. The van der Waals surface area contributed by atoms with Crippen molar-refractivity contribution in [1.29, 1.82) is 0 Å². The number of aromatic nitrogens is 1. The van der Waals surface area contributed by atoms with Gasteiger partial charge in [0.2, 0.25) is 5.78 Å². The van der Waals surface area contributed by atoms with Crippen LogP contribution in [0.5, 0.6) is 0 Å². The van der Waals surface area contributed by atoms with E-state index in [9.17, 15) is 19.7 Å². The first-order valence-electron chi connectivity index (χ1n) is 14.7. The molecule has 0 radical (unpaired) electrons. The summed E-state index contributed by atoms with van der Waals surface area (Å²) < 4.78 is 7.52. The largest absolute Gasteiger partial charge is 0.454 e. The quantitative estimate of drug-likeness (QED) is 0.0907. The first-order chi connectivity index (χ1) is 20.6. The molecule has 0 unspecified atom stereocenters. The number of ketones is 1. The molecule has 0 amide bonds. The van der Waals surface area contributed by atoms with Crippen molar-refractivity contribution < 1.29 is 19.2 Å². The summed E-state index contributed by atoms with van der Waals surface area (Å²) in [7, 11) is 0. The van der Waals surface area contributed by atoms with Crippen molar-refractivity contribution in [3.63, 3.8) is 0 Å². The number of hydrogen-bond donors (Lipinski definition) is 0. The highest BCUT2D eigenvalue weighted by molar-refractivity contribution is 6.02. The van der Waals surface area contributed by atoms with Gasteiger partial charge in [0.05, 0.1) is 16.2 Å². The van der Waals surface area contributed by atoms with Crippen molar-refractivity contribution in [3.05, 3.63) is 122 Å². The molecule has 3 aromatic carbocycles. The van der Waals surface area contributed by atoms with E-state index in [-0.39, 0.29) is 17.0 Å². The zero-order chi connectivity index (χ0) is 30.7. The van der Waals surface area contributed by atoms with Gasteiger partial charge < -0.3 is 14.2 Å². The molecule has 8 heteroatoms. The van der Waals surface area contributed by atoms with Crippen LogP contribution >= 0.6 is 0 Å². The van der Waals surface area contributed by atoms with Gasteiger partial charge in [-0.25, -0.2) is 4.79 Å². The highest BCUT2D eigenvalue weighted by atomic mass is 16.6. The minimum absolute atomic E-state index is 0.101. The summed E-state index contributed by atoms with van der Waals surface area (Å²) in [5.41, 5.74) is 7.23. The lowest BCUT2D eigenvalue weighted by atomic mass is 9.90. The summed E-state index contributed by atoms with van der Waals surface area (Å²) in [4.78, 5) is 39.7. The second kappa shape index (κ2) is 12.7. The number of non-ortho nitro benzene ring substituents is 1. The average molecular weight is 580 g/mol. The van der Waals surface area contributed by atoms with E-state index >= 15 is 0 Å². The van der Waals surface area contributed by atoms with Crippen molar-refractivity contribution in [2.75, 3.05) is 24.6 Å². The van der Waals surface area contributed by atoms with Gasteiger partial charge in [-0.05, 0) is 93.8 Å². The molecule has 0 aliphatic carbocycles. The Bertz CT molecular complexity index is 1670. The van der Waals surface area contributed by atoms with Gasteiger partial charge in [-0.15, -0.1) is 0 Å². The number of nitro groups is 1. The zero-order valence-corrected chi connectivity index (χ0v) is 25.1. The molecule has 43 heavy (non-hydrogen) atoms. The molecule has 5 rings (SSSR count). The standard InChI is InChI=1S/C35H37N3O5/c1-23-10-11-29(18-24(23)2)37-25(3)19-31(26(37)4)34(39)22-43-35(40)32-21-30(38(41)42)12-13-33(32)36-16-14-28(15-17-36)20-27-8-6-5-7-9-27/h5-13,18-19,21,28H,14-17,20,22H2,1-4H3. The molecule has 1 fully saturated rings. The summed E-state index contributed by atoms with van der Waals surface area (Å²) in [5.74, 6) is -0.556. The number of esters is 1. The highest BCUT2D eigenvalue weighted by Crippen LogP contribution is 2.31. The van der Waals surface area contributed by atoms with Crippen LogP contribution in [0.2, 0.25) is 0 Å². The molecule has 1 aromatic heterocycles. The molecule has 8 nitrogen and oxygen atoms in total. The molecular weight excluding hydrogens is 542 g/mol. The molecule has 4 aromatic rings. The number of nitrogens with zero attached hydrogens (tertiary/aromatic N) is 3. The van der Waals surface area contributed by atoms with Crippen molar-refractivity contribution in [2.45, 2.75) is 47.0 Å². The van der Waals surface area contributed by atoms with E-state index < -0.39 is 17.5 Å². The van der Waals surface area contributed by atoms with Gasteiger partial charge in [-0.3, -0.25) is 14.9 Å². The predicted molar refractivity (Wildman–Crippen MR) is 168 cm³/mol. The van der Waals surface area contributed by atoms with Crippen LogP contribution in [0.3, 0.4) is 0 Å². The molecule has 222 valence electrons. The van der Waals surface area contributed by atoms with Crippen LogP contribution in [0, 0.1) is 43.7 Å². The molecule has 1 aliphatic rings. The first kappa shape index (κ1) is 29.8. The molecular formula is C35H37N3O5. The van der Waals surface area contributed by atoms with Crippen LogP contribution in [-0.4, -0.2) is 40.9 Å². The lowest BCUT2D eigenvalue weighted by molar-refractivity contribution is -0.384. The number of benzene rings is 3. The molecule has 1 aliphatic heterocycles. The van der Waals surface area contributed by atoms with Gasteiger partial charge in [0.15, 0.2) is 6.61 Å². The third kappa shape index (κ3) is 6.53. The van der Waals surface area contributed by atoms with E-state index in [1.54, 1.807) is 12.1 Å². The smallest absolute Gasteiger partial charge is 0.340 e. The van der Waals surface area contributed by atoms with E-state index in [0.717, 1.165) is 55.0 Å². The van der Waals surface area contributed by atoms with Crippen molar-refractivity contribution in [3.8, 4) is 5.69 Å². The summed E-state index contributed by atoms with van der Waals surface area (Å²) in [6, 6.07) is 22.6. The number of ether oxygens (including phenoxy) is 1. The third-order valence-corrected chi connectivity index (χ3v) is 8.55. The zero-order valence-electron chi connectivity index (χ0n) is 25.1. The molecule has 0 N–H and O–H groups in total. The minimum atomic E-state index is -0.749. The number of nitro benzene ring substituents is 1. The monoisotopic (exact) mass is 579 g/mol. The number of carbonyl (C=O) groups excluding carboxylic acids is 2. The number of anilines is 1. The van der Waals surface area contributed by atoms with Crippen LogP contribution in [0.15, 0.2) is 72.8 Å². The van der Waals surface area contributed by atoms with Crippen molar-refractivity contribution in [1.82, 2.24) is 4.57 Å². The second-order valence-electron chi connectivity index (χ2n) is 11.5. The molecule has 0 spiro atoms. The Balaban J connectivity index is 1.30.